The van der Waals surface area contributed by atoms with Gasteiger partial charge in [0.1, 0.15) is 0 Å². The minimum Gasteiger partial charge on any atom is -0.325 e. The van der Waals surface area contributed by atoms with Gasteiger partial charge in [0.05, 0.1) is 6.04 Å². The Labute approximate surface area is 108 Å². The fourth-order valence-electron chi connectivity index (χ4n) is 1.50. The smallest absolute Gasteiger partial charge is 0.241 e. The molecule has 0 bridgehead atoms. The predicted octanol–water partition coefficient (Wildman–Crippen LogP) is 2.20. The lowest BCUT2D eigenvalue weighted by Gasteiger charge is -2.15. The maximum Gasteiger partial charge on any atom is 0.241 e. The van der Waals surface area contributed by atoms with Crippen molar-refractivity contribution in [1.82, 2.24) is 0 Å². The maximum atomic E-state index is 11.8. The Morgan fingerprint density at radius 2 is 2.00 bits per heavy atom. The maximum absolute atomic E-state index is 11.8. The Balaban J connectivity index is 2.79. The number of carbonyl (C=O) groups excluding carboxylic acids is 2. The highest BCUT2D eigenvalue weighted by molar-refractivity contribution is 5.99. The van der Waals surface area contributed by atoms with E-state index in [0.717, 1.165) is 0 Å². The van der Waals surface area contributed by atoms with Gasteiger partial charge in [0, 0.05) is 17.7 Å². The van der Waals surface area contributed by atoms with Gasteiger partial charge in [-0.25, -0.2) is 0 Å². The van der Waals surface area contributed by atoms with Crippen molar-refractivity contribution in [3.05, 3.63) is 29.8 Å². The molecule has 1 amide bonds. The lowest BCUT2D eigenvalue weighted by molar-refractivity contribution is -0.118. The summed E-state index contributed by atoms with van der Waals surface area (Å²) in [4.78, 5) is 23.3. The van der Waals surface area contributed by atoms with Crippen molar-refractivity contribution in [3.8, 4) is 0 Å². The van der Waals surface area contributed by atoms with Gasteiger partial charge in [-0.2, -0.15) is 0 Å². The van der Waals surface area contributed by atoms with Crippen molar-refractivity contribution in [2.45, 2.75) is 33.2 Å². The standard InChI is InChI=1S/C14H20N2O2/c1-4-12(17)10-6-5-7-11(8-10)16-14(18)13(15)9(2)3/h5-9,13H,4,15H2,1-3H3,(H,16,18)/t13-/m0/s1. The van der Waals surface area contributed by atoms with E-state index in [1.54, 1.807) is 24.3 Å². The molecule has 0 fully saturated rings. The molecule has 18 heavy (non-hydrogen) atoms. The van der Waals surface area contributed by atoms with Gasteiger partial charge in [-0.3, -0.25) is 9.59 Å². The van der Waals surface area contributed by atoms with E-state index >= 15 is 0 Å². The van der Waals surface area contributed by atoms with Crippen molar-refractivity contribution in [3.63, 3.8) is 0 Å². The van der Waals surface area contributed by atoms with E-state index < -0.39 is 6.04 Å². The van der Waals surface area contributed by atoms with E-state index in [-0.39, 0.29) is 17.6 Å². The van der Waals surface area contributed by atoms with Gasteiger partial charge in [-0.1, -0.05) is 32.9 Å². The number of anilines is 1. The van der Waals surface area contributed by atoms with E-state index in [2.05, 4.69) is 5.32 Å². The average Bonchev–Trinajstić information content (AvgIpc) is 2.36. The Hall–Kier alpha value is -1.68. The normalized spacial score (nSPS) is 12.3. The molecule has 1 aromatic carbocycles. The van der Waals surface area contributed by atoms with Gasteiger partial charge in [-0.15, -0.1) is 0 Å². The number of Topliss-reactive ketones (excluding diaryl/α,β-unsaturated/α-hetero) is 1. The number of ketones is 1. The molecule has 3 N–H and O–H groups in total. The highest BCUT2D eigenvalue weighted by Gasteiger charge is 2.17. The van der Waals surface area contributed by atoms with Gasteiger partial charge in [-0.05, 0) is 18.1 Å². The zero-order valence-electron chi connectivity index (χ0n) is 11.1. The van der Waals surface area contributed by atoms with Gasteiger partial charge in [0.15, 0.2) is 5.78 Å². The number of carbonyl (C=O) groups is 2. The highest BCUT2D eigenvalue weighted by atomic mass is 16.2. The second kappa shape index (κ2) is 6.31. The number of amides is 1. The van der Waals surface area contributed by atoms with Crippen molar-refractivity contribution < 1.29 is 9.59 Å². The van der Waals surface area contributed by atoms with Crippen LogP contribution in [0.5, 0.6) is 0 Å². The highest BCUT2D eigenvalue weighted by Crippen LogP contribution is 2.13. The third kappa shape index (κ3) is 3.67. The lowest BCUT2D eigenvalue weighted by Crippen LogP contribution is -2.39. The van der Waals surface area contributed by atoms with E-state index in [9.17, 15) is 9.59 Å². The molecule has 4 nitrogen and oxygen atoms in total. The Kier molecular flexibility index (Phi) is 5.04. The third-order valence-electron chi connectivity index (χ3n) is 2.79. The zero-order chi connectivity index (χ0) is 13.7. The summed E-state index contributed by atoms with van der Waals surface area (Å²) in [6, 6.07) is 6.37. The van der Waals surface area contributed by atoms with Gasteiger partial charge >= 0.3 is 0 Å². The van der Waals surface area contributed by atoms with Crippen LogP contribution in [0, 0.1) is 5.92 Å². The summed E-state index contributed by atoms with van der Waals surface area (Å²) < 4.78 is 0. The van der Waals surface area contributed by atoms with Crippen LogP contribution < -0.4 is 11.1 Å². The number of hydrogen-bond acceptors (Lipinski definition) is 3. The summed E-state index contributed by atoms with van der Waals surface area (Å²) in [6.07, 6.45) is 0.447. The summed E-state index contributed by atoms with van der Waals surface area (Å²) in [5, 5.41) is 2.73. The zero-order valence-corrected chi connectivity index (χ0v) is 11.1. The number of rotatable bonds is 5. The molecule has 0 aliphatic rings. The topological polar surface area (TPSA) is 72.2 Å². The molecule has 0 spiro atoms. The molecule has 0 aromatic heterocycles. The molecule has 0 saturated heterocycles. The molecular weight excluding hydrogens is 228 g/mol. The van der Waals surface area contributed by atoms with E-state index in [1.165, 1.54) is 0 Å². The van der Waals surface area contributed by atoms with Crippen molar-refractivity contribution >= 4 is 17.4 Å². The van der Waals surface area contributed by atoms with Crippen LogP contribution in [0.1, 0.15) is 37.6 Å². The minimum absolute atomic E-state index is 0.0549. The molecule has 98 valence electrons. The average molecular weight is 248 g/mol. The number of benzene rings is 1. The molecular formula is C14H20N2O2. The molecule has 4 heteroatoms. The molecule has 0 radical (unpaired) electrons. The first kappa shape index (κ1) is 14.4. The molecule has 0 aliphatic carbocycles. The largest absolute Gasteiger partial charge is 0.325 e. The number of nitrogens with one attached hydrogen (secondary N) is 1. The summed E-state index contributed by atoms with van der Waals surface area (Å²) in [6.45, 7) is 5.59. The molecule has 0 saturated carbocycles. The minimum atomic E-state index is -0.546. The summed E-state index contributed by atoms with van der Waals surface area (Å²) >= 11 is 0. The SMILES string of the molecule is CCC(=O)c1cccc(NC(=O)[C@@H](N)C(C)C)c1. The second-order valence-electron chi connectivity index (χ2n) is 4.62. The van der Waals surface area contributed by atoms with Gasteiger partial charge in [0.2, 0.25) is 5.91 Å². The van der Waals surface area contributed by atoms with E-state index in [4.69, 9.17) is 5.73 Å². The second-order valence-corrected chi connectivity index (χ2v) is 4.62. The van der Waals surface area contributed by atoms with Crippen LogP contribution in [-0.4, -0.2) is 17.7 Å². The summed E-state index contributed by atoms with van der Waals surface area (Å²) in [5.41, 5.74) is 6.96. The van der Waals surface area contributed by atoms with Crippen molar-refractivity contribution in [2.24, 2.45) is 11.7 Å². The van der Waals surface area contributed by atoms with Crippen LogP contribution in [0.2, 0.25) is 0 Å². The van der Waals surface area contributed by atoms with Crippen LogP contribution in [0.3, 0.4) is 0 Å². The molecule has 0 aliphatic heterocycles. The van der Waals surface area contributed by atoms with Crippen LogP contribution in [-0.2, 0) is 4.79 Å². The van der Waals surface area contributed by atoms with Gasteiger partial charge < -0.3 is 11.1 Å². The van der Waals surface area contributed by atoms with Crippen molar-refractivity contribution in [2.75, 3.05) is 5.32 Å². The Bertz CT molecular complexity index is 441. The van der Waals surface area contributed by atoms with Crippen molar-refractivity contribution in [1.29, 1.82) is 0 Å². The van der Waals surface area contributed by atoms with Crippen LogP contribution >= 0.6 is 0 Å². The summed E-state index contributed by atoms with van der Waals surface area (Å²) in [5.74, 6) is -0.101. The fraction of sp³-hybridized carbons (Fsp3) is 0.429. The number of hydrogen-bond donors (Lipinski definition) is 2. The first-order valence-corrected chi connectivity index (χ1v) is 6.15. The van der Waals surface area contributed by atoms with Crippen LogP contribution in [0.4, 0.5) is 5.69 Å². The van der Waals surface area contributed by atoms with Crippen LogP contribution in [0.25, 0.3) is 0 Å². The van der Waals surface area contributed by atoms with E-state index in [0.29, 0.717) is 17.7 Å². The summed E-state index contributed by atoms with van der Waals surface area (Å²) in [7, 11) is 0. The van der Waals surface area contributed by atoms with Gasteiger partial charge in [0.25, 0.3) is 0 Å². The lowest BCUT2D eigenvalue weighted by atomic mass is 10.0. The van der Waals surface area contributed by atoms with Crippen LogP contribution in [0.15, 0.2) is 24.3 Å². The predicted molar refractivity (Wildman–Crippen MR) is 72.5 cm³/mol. The number of nitrogens with two attached hydrogens (primary N) is 1. The van der Waals surface area contributed by atoms with E-state index in [1.807, 2.05) is 20.8 Å². The molecule has 0 heterocycles. The quantitative estimate of drug-likeness (QED) is 0.785. The fourth-order valence-corrected chi connectivity index (χ4v) is 1.50. The Morgan fingerprint density at radius 3 is 2.56 bits per heavy atom. The third-order valence-corrected chi connectivity index (χ3v) is 2.79. The molecule has 1 aromatic rings. The molecule has 1 atom stereocenters. The first-order valence-electron chi connectivity index (χ1n) is 6.15. The molecule has 1 rings (SSSR count). The molecule has 0 unspecified atom stereocenters. The monoisotopic (exact) mass is 248 g/mol. The first-order chi connectivity index (χ1) is 8.45. The Morgan fingerprint density at radius 1 is 1.33 bits per heavy atom.